The number of nitrogen functional groups attached to an aromatic ring is 1. The third kappa shape index (κ3) is 4.59. The zero-order chi connectivity index (χ0) is 20.1. The van der Waals surface area contributed by atoms with Crippen molar-refractivity contribution in [3.05, 3.63) is 24.5 Å². The van der Waals surface area contributed by atoms with Crippen LogP contribution in [0.25, 0.3) is 16.6 Å². The van der Waals surface area contributed by atoms with Crippen molar-refractivity contribution in [2.24, 2.45) is 5.92 Å². The number of fused-ring (bicyclic) bond motifs is 3. The van der Waals surface area contributed by atoms with E-state index in [1.54, 1.807) is 7.11 Å². The van der Waals surface area contributed by atoms with Crippen molar-refractivity contribution >= 4 is 22.5 Å². The van der Waals surface area contributed by atoms with Crippen molar-refractivity contribution in [3.63, 3.8) is 0 Å². The number of piperidine rings is 1. The van der Waals surface area contributed by atoms with E-state index in [1.165, 1.54) is 62.6 Å². The lowest BCUT2D eigenvalue weighted by Gasteiger charge is -2.32. The zero-order valence-corrected chi connectivity index (χ0v) is 17.1. The number of rotatable bonds is 3. The fourth-order valence-corrected chi connectivity index (χ4v) is 4.17. The van der Waals surface area contributed by atoms with Crippen LogP contribution in [0.1, 0.15) is 32.1 Å². The Morgan fingerprint density at radius 1 is 1.17 bits per heavy atom. The van der Waals surface area contributed by atoms with E-state index in [4.69, 9.17) is 15.2 Å². The molecule has 0 atom stereocenters. The fourth-order valence-electron chi connectivity index (χ4n) is 4.17. The maximum absolute atomic E-state index is 5.78. The van der Waals surface area contributed by atoms with E-state index in [0.29, 0.717) is 22.9 Å². The molecular formula is C21H30N6O2. The minimum Gasteiger partial charge on any atom is -0.494 e. The van der Waals surface area contributed by atoms with Crippen molar-refractivity contribution in [2.45, 2.75) is 32.1 Å². The average Bonchev–Trinajstić information content (AvgIpc) is 3.27. The molecule has 2 saturated heterocycles. The molecule has 0 amide bonds. The molecule has 8 heteroatoms. The van der Waals surface area contributed by atoms with Crippen LogP contribution in [0.2, 0.25) is 0 Å². The minimum atomic E-state index is 0.296. The first kappa shape index (κ1) is 19.8. The summed E-state index contributed by atoms with van der Waals surface area (Å²) in [5.74, 6) is 1.89. The van der Waals surface area contributed by atoms with Crippen LogP contribution < -0.4 is 10.5 Å². The van der Waals surface area contributed by atoms with Gasteiger partial charge in [0.15, 0.2) is 5.65 Å². The second-order valence-corrected chi connectivity index (χ2v) is 7.74. The van der Waals surface area contributed by atoms with Gasteiger partial charge in [-0.25, -0.2) is 9.97 Å². The molecule has 2 aromatic heterocycles. The normalized spacial score (nSPS) is 18.5. The third-order valence-electron chi connectivity index (χ3n) is 5.76. The number of methoxy groups -OCH3 is 1. The van der Waals surface area contributed by atoms with Gasteiger partial charge in [-0.05, 0) is 56.8 Å². The molecule has 2 aliphatic heterocycles. The summed E-state index contributed by atoms with van der Waals surface area (Å²) in [6, 6.07) is 5.63. The smallest absolute Gasteiger partial charge is 0.223 e. The van der Waals surface area contributed by atoms with E-state index in [9.17, 15) is 0 Å². The van der Waals surface area contributed by atoms with E-state index < -0.39 is 0 Å². The number of nitrogens with two attached hydrogens (primary N) is 1. The van der Waals surface area contributed by atoms with Crippen molar-refractivity contribution in [1.82, 2.24) is 24.5 Å². The first-order chi connectivity index (χ1) is 14.3. The van der Waals surface area contributed by atoms with E-state index in [0.717, 1.165) is 24.5 Å². The van der Waals surface area contributed by atoms with Gasteiger partial charge in [0.25, 0.3) is 0 Å². The van der Waals surface area contributed by atoms with Crippen LogP contribution in [0.3, 0.4) is 0 Å². The molecule has 0 radical (unpaired) electrons. The van der Waals surface area contributed by atoms with Gasteiger partial charge in [-0.3, -0.25) is 0 Å². The number of ether oxygens (including phenoxy) is 2. The molecule has 2 fully saturated rings. The second-order valence-electron chi connectivity index (χ2n) is 7.74. The molecule has 2 aliphatic rings. The largest absolute Gasteiger partial charge is 0.494 e. The summed E-state index contributed by atoms with van der Waals surface area (Å²) in [5.41, 5.74) is 7.16. The maximum Gasteiger partial charge on any atom is 0.223 e. The Bertz CT molecular complexity index is 915. The maximum atomic E-state index is 5.78. The van der Waals surface area contributed by atoms with Crippen LogP contribution in [0.15, 0.2) is 24.5 Å². The summed E-state index contributed by atoms with van der Waals surface area (Å²) in [7, 11) is 1.60. The molecule has 5 rings (SSSR count). The number of para-hydroxylation sites is 1. The van der Waals surface area contributed by atoms with Crippen molar-refractivity contribution in [2.75, 3.05) is 45.7 Å². The SMILES string of the molecule is C1CCN(CC2CCOCC2)CC1.COc1cccc2c1nc(N)n1ncnc21. The van der Waals surface area contributed by atoms with Crippen LogP contribution in [0.5, 0.6) is 5.75 Å². The second kappa shape index (κ2) is 9.37. The molecule has 2 N–H and O–H groups in total. The molecule has 0 spiro atoms. The van der Waals surface area contributed by atoms with E-state index in [-0.39, 0.29) is 0 Å². The summed E-state index contributed by atoms with van der Waals surface area (Å²) >= 11 is 0. The lowest BCUT2D eigenvalue weighted by molar-refractivity contribution is 0.0498. The Kier molecular flexibility index (Phi) is 6.41. The molecule has 0 aliphatic carbocycles. The molecule has 4 heterocycles. The Labute approximate surface area is 171 Å². The molecule has 1 aromatic carbocycles. The Hall–Kier alpha value is -2.45. The quantitative estimate of drug-likeness (QED) is 0.725. The summed E-state index contributed by atoms with van der Waals surface area (Å²) in [6.45, 7) is 6.02. The molecular weight excluding hydrogens is 368 g/mol. The van der Waals surface area contributed by atoms with Crippen molar-refractivity contribution in [1.29, 1.82) is 0 Å². The van der Waals surface area contributed by atoms with Crippen LogP contribution >= 0.6 is 0 Å². The minimum absolute atomic E-state index is 0.296. The van der Waals surface area contributed by atoms with Gasteiger partial charge in [0.2, 0.25) is 5.95 Å². The topological polar surface area (TPSA) is 90.8 Å². The molecule has 156 valence electrons. The first-order valence-corrected chi connectivity index (χ1v) is 10.5. The van der Waals surface area contributed by atoms with Gasteiger partial charge in [0.1, 0.15) is 17.6 Å². The molecule has 0 bridgehead atoms. The number of aromatic nitrogens is 4. The summed E-state index contributed by atoms with van der Waals surface area (Å²) in [4.78, 5) is 11.1. The zero-order valence-electron chi connectivity index (χ0n) is 17.1. The van der Waals surface area contributed by atoms with Gasteiger partial charge in [-0.15, -0.1) is 0 Å². The van der Waals surface area contributed by atoms with Crippen molar-refractivity contribution < 1.29 is 9.47 Å². The number of hydrogen-bond acceptors (Lipinski definition) is 7. The predicted molar refractivity (Wildman–Crippen MR) is 113 cm³/mol. The summed E-state index contributed by atoms with van der Waals surface area (Å²) < 4.78 is 12.1. The highest BCUT2D eigenvalue weighted by Crippen LogP contribution is 2.26. The van der Waals surface area contributed by atoms with Crippen LogP contribution in [0, 0.1) is 5.92 Å². The molecule has 0 unspecified atom stereocenters. The van der Waals surface area contributed by atoms with Crippen molar-refractivity contribution in [3.8, 4) is 5.75 Å². The highest BCUT2D eigenvalue weighted by atomic mass is 16.5. The van der Waals surface area contributed by atoms with Gasteiger partial charge < -0.3 is 20.1 Å². The van der Waals surface area contributed by atoms with E-state index >= 15 is 0 Å². The lowest BCUT2D eigenvalue weighted by Crippen LogP contribution is -2.36. The van der Waals surface area contributed by atoms with E-state index in [1.807, 2.05) is 18.2 Å². The predicted octanol–water partition coefficient (Wildman–Crippen LogP) is 2.77. The number of nitrogens with zero attached hydrogens (tertiary/aromatic N) is 5. The Morgan fingerprint density at radius 2 is 1.97 bits per heavy atom. The Balaban J connectivity index is 0.000000145. The summed E-state index contributed by atoms with van der Waals surface area (Å²) in [5, 5.41) is 4.87. The van der Waals surface area contributed by atoms with E-state index in [2.05, 4.69) is 20.0 Å². The third-order valence-corrected chi connectivity index (χ3v) is 5.76. The highest BCUT2D eigenvalue weighted by Gasteiger charge is 2.18. The molecule has 29 heavy (non-hydrogen) atoms. The van der Waals surface area contributed by atoms with Crippen LogP contribution in [0.4, 0.5) is 5.95 Å². The molecule has 8 nitrogen and oxygen atoms in total. The fraction of sp³-hybridized carbons (Fsp3) is 0.571. The molecule has 3 aromatic rings. The molecule has 0 saturated carbocycles. The standard InChI is InChI=1S/C11H21NO.C10H9N5O/c1-2-6-12(7-3-1)10-11-4-8-13-9-5-11;1-16-7-4-2-3-6-8(7)14-10(11)15-9(6)12-5-13-15/h11H,1-10H2;2-5H,1H3,(H2,11,14). The van der Waals surface area contributed by atoms with Crippen LogP contribution in [-0.2, 0) is 4.74 Å². The van der Waals surface area contributed by atoms with Gasteiger partial charge >= 0.3 is 0 Å². The number of likely N-dealkylation sites (tertiary alicyclic amines) is 1. The van der Waals surface area contributed by atoms with Crippen LogP contribution in [-0.4, -0.2) is 64.4 Å². The van der Waals surface area contributed by atoms with Gasteiger partial charge in [0, 0.05) is 25.1 Å². The summed E-state index contributed by atoms with van der Waals surface area (Å²) in [6.07, 6.45) is 8.32. The number of anilines is 1. The average molecular weight is 399 g/mol. The van der Waals surface area contributed by atoms with Gasteiger partial charge in [-0.1, -0.05) is 12.5 Å². The Morgan fingerprint density at radius 3 is 2.72 bits per heavy atom. The number of hydrogen-bond donors (Lipinski definition) is 1. The monoisotopic (exact) mass is 398 g/mol. The van der Waals surface area contributed by atoms with Gasteiger partial charge in [0.05, 0.1) is 7.11 Å². The van der Waals surface area contributed by atoms with Gasteiger partial charge in [-0.2, -0.15) is 9.61 Å². The lowest BCUT2D eigenvalue weighted by atomic mass is 9.98. The first-order valence-electron chi connectivity index (χ1n) is 10.5. The highest BCUT2D eigenvalue weighted by molar-refractivity contribution is 5.95. The number of benzene rings is 1.